The van der Waals surface area contributed by atoms with E-state index in [2.05, 4.69) is 17.6 Å². The average Bonchev–Trinajstić information content (AvgIpc) is 2.29. The Morgan fingerprint density at radius 2 is 1.71 bits per heavy atom. The van der Waals surface area contributed by atoms with Gasteiger partial charge in [-0.1, -0.05) is 30.3 Å². The molecule has 0 saturated carbocycles. The Hall–Kier alpha value is -1.49. The molecule has 0 N–H and O–H groups in total. The van der Waals surface area contributed by atoms with Crippen LogP contribution in [0.15, 0.2) is 47.5 Å². The Bertz CT molecular complexity index is 523. The van der Waals surface area contributed by atoms with Gasteiger partial charge in [0.1, 0.15) is 0 Å². The second kappa shape index (κ2) is 4.41. The van der Waals surface area contributed by atoms with Crippen molar-refractivity contribution in [2.45, 2.75) is 11.1 Å². The van der Waals surface area contributed by atoms with E-state index in [1.807, 2.05) is 0 Å². The molecule has 1 aromatic carbocycles. The third kappa shape index (κ3) is 2.61. The van der Waals surface area contributed by atoms with E-state index < -0.39 is 11.7 Å². The van der Waals surface area contributed by atoms with Crippen LogP contribution in [0.3, 0.4) is 0 Å². The van der Waals surface area contributed by atoms with Crippen molar-refractivity contribution in [3.05, 3.63) is 48.2 Å². The summed E-state index contributed by atoms with van der Waals surface area (Å²) in [7, 11) is 0. The van der Waals surface area contributed by atoms with Crippen LogP contribution in [0.4, 0.5) is 13.2 Å². The van der Waals surface area contributed by atoms with Crippen LogP contribution in [-0.2, 0) is 6.18 Å². The van der Waals surface area contributed by atoms with Crippen LogP contribution in [-0.4, -0.2) is 4.98 Å². The van der Waals surface area contributed by atoms with Gasteiger partial charge >= 0.3 is 6.18 Å². The van der Waals surface area contributed by atoms with Crippen molar-refractivity contribution in [1.82, 2.24) is 4.98 Å². The predicted molar refractivity (Wildman–Crippen MR) is 61.9 cm³/mol. The molecule has 88 valence electrons. The highest BCUT2D eigenvalue weighted by molar-refractivity contribution is 7.80. The highest BCUT2D eigenvalue weighted by Crippen LogP contribution is 2.35. The number of hydrogen-bond donors (Lipinski definition) is 1. The molecule has 2 aromatic rings. The van der Waals surface area contributed by atoms with Crippen molar-refractivity contribution >= 4 is 12.6 Å². The number of benzene rings is 1. The maximum absolute atomic E-state index is 12.7. The van der Waals surface area contributed by atoms with E-state index in [9.17, 15) is 13.2 Å². The number of alkyl halides is 3. The first-order chi connectivity index (χ1) is 7.98. The van der Waals surface area contributed by atoms with Gasteiger partial charge in [-0.3, -0.25) is 4.98 Å². The van der Waals surface area contributed by atoms with Gasteiger partial charge < -0.3 is 0 Å². The maximum atomic E-state index is 12.7. The van der Waals surface area contributed by atoms with Gasteiger partial charge in [-0.15, -0.1) is 12.6 Å². The SMILES string of the molecule is FC(F)(F)c1cc(-c2ccccc2)ncc1S. The standard InChI is InChI=1S/C12H8F3NS/c13-12(14,15)9-6-10(16-7-11(9)17)8-4-2-1-3-5-8/h1-7,17H. The fourth-order valence-corrected chi connectivity index (χ4v) is 1.69. The fraction of sp³-hybridized carbons (Fsp3) is 0.0833. The molecule has 0 bridgehead atoms. The van der Waals surface area contributed by atoms with Gasteiger partial charge in [0.25, 0.3) is 0 Å². The van der Waals surface area contributed by atoms with E-state index in [0.717, 1.165) is 12.3 Å². The first kappa shape index (κ1) is 12.0. The lowest BCUT2D eigenvalue weighted by Crippen LogP contribution is -2.07. The molecule has 1 nitrogen and oxygen atoms in total. The van der Waals surface area contributed by atoms with E-state index in [1.54, 1.807) is 30.3 Å². The van der Waals surface area contributed by atoms with Crippen LogP contribution in [0.25, 0.3) is 11.3 Å². The molecule has 0 atom stereocenters. The first-order valence-corrected chi connectivity index (χ1v) is 5.25. The summed E-state index contributed by atoms with van der Waals surface area (Å²) >= 11 is 3.77. The van der Waals surface area contributed by atoms with Crippen LogP contribution in [0, 0.1) is 0 Å². The molecule has 0 spiro atoms. The summed E-state index contributed by atoms with van der Waals surface area (Å²) in [5.74, 6) is 0. The minimum Gasteiger partial charge on any atom is -0.255 e. The molecule has 0 fully saturated rings. The molecular formula is C12H8F3NS. The molecular weight excluding hydrogens is 247 g/mol. The second-order valence-corrected chi connectivity index (χ2v) is 3.93. The summed E-state index contributed by atoms with van der Waals surface area (Å²) in [6, 6.07) is 9.72. The minimum absolute atomic E-state index is 0.169. The van der Waals surface area contributed by atoms with Gasteiger partial charge in [-0.25, -0.2) is 0 Å². The minimum atomic E-state index is -4.41. The third-order valence-corrected chi connectivity index (χ3v) is 2.61. The van der Waals surface area contributed by atoms with Crippen molar-refractivity contribution < 1.29 is 13.2 Å². The number of hydrogen-bond acceptors (Lipinski definition) is 2. The zero-order valence-electron chi connectivity index (χ0n) is 8.57. The summed E-state index contributed by atoms with van der Waals surface area (Å²) in [4.78, 5) is 3.78. The Labute approximate surface area is 102 Å². The zero-order chi connectivity index (χ0) is 12.5. The lowest BCUT2D eigenvalue weighted by atomic mass is 10.1. The Morgan fingerprint density at radius 3 is 2.29 bits per heavy atom. The zero-order valence-corrected chi connectivity index (χ0v) is 9.46. The molecule has 0 amide bonds. The molecule has 0 unspecified atom stereocenters. The van der Waals surface area contributed by atoms with Gasteiger partial charge in [0.2, 0.25) is 0 Å². The van der Waals surface area contributed by atoms with Gasteiger partial charge in [0, 0.05) is 16.7 Å². The Kier molecular flexibility index (Phi) is 3.11. The second-order valence-electron chi connectivity index (χ2n) is 3.45. The van der Waals surface area contributed by atoms with E-state index in [1.165, 1.54) is 0 Å². The van der Waals surface area contributed by atoms with E-state index in [0.29, 0.717) is 5.56 Å². The van der Waals surface area contributed by atoms with Crippen LogP contribution in [0.1, 0.15) is 5.56 Å². The lowest BCUT2D eigenvalue weighted by molar-refractivity contribution is -0.139. The number of nitrogens with zero attached hydrogens (tertiary/aromatic N) is 1. The predicted octanol–water partition coefficient (Wildman–Crippen LogP) is 4.06. The van der Waals surface area contributed by atoms with Crippen molar-refractivity contribution in [2.75, 3.05) is 0 Å². The van der Waals surface area contributed by atoms with Crippen molar-refractivity contribution in [3.63, 3.8) is 0 Å². The molecule has 0 aliphatic heterocycles. The molecule has 0 aliphatic rings. The summed E-state index contributed by atoms with van der Waals surface area (Å²) < 4.78 is 38.0. The number of halogens is 3. The normalized spacial score (nSPS) is 11.5. The lowest BCUT2D eigenvalue weighted by Gasteiger charge is -2.10. The Balaban J connectivity index is 2.53. The average molecular weight is 255 g/mol. The number of rotatable bonds is 1. The summed E-state index contributed by atoms with van der Waals surface area (Å²) in [5, 5.41) is 0. The van der Waals surface area contributed by atoms with E-state index in [4.69, 9.17) is 0 Å². The number of aromatic nitrogens is 1. The number of pyridine rings is 1. The smallest absolute Gasteiger partial charge is 0.255 e. The van der Waals surface area contributed by atoms with Gasteiger partial charge in [0.05, 0.1) is 11.3 Å². The van der Waals surface area contributed by atoms with Crippen LogP contribution in [0.5, 0.6) is 0 Å². The first-order valence-electron chi connectivity index (χ1n) is 4.80. The van der Waals surface area contributed by atoms with Gasteiger partial charge in [-0.05, 0) is 6.07 Å². The third-order valence-electron chi connectivity index (χ3n) is 2.26. The summed E-state index contributed by atoms with van der Waals surface area (Å²) in [5.41, 5.74) is 0.164. The molecule has 1 heterocycles. The largest absolute Gasteiger partial charge is 0.417 e. The molecule has 17 heavy (non-hydrogen) atoms. The maximum Gasteiger partial charge on any atom is 0.417 e. The van der Waals surface area contributed by atoms with Gasteiger partial charge in [-0.2, -0.15) is 13.2 Å². The van der Waals surface area contributed by atoms with Crippen LogP contribution in [0.2, 0.25) is 0 Å². The molecule has 0 radical (unpaired) electrons. The van der Waals surface area contributed by atoms with Crippen molar-refractivity contribution in [3.8, 4) is 11.3 Å². The van der Waals surface area contributed by atoms with E-state index in [-0.39, 0.29) is 10.6 Å². The molecule has 5 heteroatoms. The highest BCUT2D eigenvalue weighted by atomic mass is 32.1. The molecule has 1 aromatic heterocycles. The summed E-state index contributed by atoms with van der Waals surface area (Å²) in [6.07, 6.45) is -3.29. The molecule has 0 aliphatic carbocycles. The van der Waals surface area contributed by atoms with Crippen LogP contribution < -0.4 is 0 Å². The monoisotopic (exact) mass is 255 g/mol. The Morgan fingerprint density at radius 1 is 1.06 bits per heavy atom. The fourth-order valence-electron chi connectivity index (χ4n) is 1.44. The van der Waals surface area contributed by atoms with Crippen LogP contribution >= 0.6 is 12.6 Å². The van der Waals surface area contributed by atoms with Gasteiger partial charge in [0.15, 0.2) is 0 Å². The number of thiol groups is 1. The van der Waals surface area contributed by atoms with Crippen molar-refractivity contribution in [2.24, 2.45) is 0 Å². The topological polar surface area (TPSA) is 12.9 Å². The summed E-state index contributed by atoms with van der Waals surface area (Å²) in [6.45, 7) is 0. The van der Waals surface area contributed by atoms with Crippen molar-refractivity contribution in [1.29, 1.82) is 0 Å². The quantitative estimate of drug-likeness (QED) is 0.758. The molecule has 0 saturated heterocycles. The van der Waals surface area contributed by atoms with E-state index >= 15 is 0 Å². The highest BCUT2D eigenvalue weighted by Gasteiger charge is 2.33. The molecule has 2 rings (SSSR count).